The highest BCUT2D eigenvalue weighted by Gasteiger charge is 2.10. The summed E-state index contributed by atoms with van der Waals surface area (Å²) in [5.74, 6) is -0.272. The maximum Gasteiger partial charge on any atom is 0.144 e. The fourth-order valence-electron chi connectivity index (χ4n) is 1.53. The van der Waals surface area contributed by atoms with Crippen LogP contribution in [0.4, 0.5) is 4.39 Å². The lowest BCUT2D eigenvalue weighted by molar-refractivity contribution is 0.624. The monoisotopic (exact) mass is 323 g/mol. The normalized spacial score (nSPS) is 9.81. The first-order chi connectivity index (χ1) is 7.74. The van der Waals surface area contributed by atoms with Gasteiger partial charge in [-0.15, -0.1) is 0 Å². The molecule has 0 aliphatic heterocycles. The van der Waals surface area contributed by atoms with E-state index < -0.39 is 0 Å². The number of hydrogen-bond acceptors (Lipinski definition) is 1. The Balaban J connectivity index is 2.69. The lowest BCUT2D eigenvalue weighted by Gasteiger charge is -2.06. The van der Waals surface area contributed by atoms with E-state index in [0.29, 0.717) is 20.3 Å². The van der Waals surface area contributed by atoms with E-state index >= 15 is 0 Å². The summed E-state index contributed by atoms with van der Waals surface area (Å²) in [7, 11) is 0. The second-order valence-corrected chi connectivity index (χ2v) is 4.42. The highest BCUT2D eigenvalue weighted by Crippen LogP contribution is 2.28. The molecule has 0 spiro atoms. The van der Waals surface area contributed by atoms with Crippen molar-refractivity contribution in [1.82, 2.24) is 0 Å². The van der Waals surface area contributed by atoms with Gasteiger partial charge >= 0.3 is 0 Å². The fourth-order valence-corrected chi connectivity index (χ4v) is 2.03. The van der Waals surface area contributed by atoms with Gasteiger partial charge in [0.25, 0.3) is 0 Å². The molecule has 2 rings (SSSR count). The SMILES string of the molecule is N#Cc1ccccc1-c1cccc(I)c1F. The highest BCUT2D eigenvalue weighted by atomic mass is 127. The molecule has 2 aromatic rings. The molecule has 0 aliphatic carbocycles. The molecule has 1 nitrogen and oxygen atoms in total. The van der Waals surface area contributed by atoms with Crippen LogP contribution in [0.25, 0.3) is 11.1 Å². The molecule has 0 unspecified atom stereocenters. The number of halogens is 2. The molecule has 0 heterocycles. The van der Waals surface area contributed by atoms with Crippen LogP contribution in [-0.4, -0.2) is 0 Å². The van der Waals surface area contributed by atoms with Gasteiger partial charge in [-0.1, -0.05) is 30.3 Å². The van der Waals surface area contributed by atoms with Gasteiger partial charge in [0.05, 0.1) is 11.6 Å². The molecule has 0 amide bonds. The van der Waals surface area contributed by atoms with Gasteiger partial charge in [-0.3, -0.25) is 0 Å². The summed E-state index contributed by atoms with van der Waals surface area (Å²) in [4.78, 5) is 0. The van der Waals surface area contributed by atoms with Crippen molar-refractivity contribution in [3.63, 3.8) is 0 Å². The van der Waals surface area contributed by atoms with Gasteiger partial charge < -0.3 is 0 Å². The summed E-state index contributed by atoms with van der Waals surface area (Å²) in [6.07, 6.45) is 0. The minimum Gasteiger partial charge on any atom is -0.205 e. The summed E-state index contributed by atoms with van der Waals surface area (Å²) < 4.78 is 14.4. The van der Waals surface area contributed by atoms with Crippen molar-refractivity contribution in [2.24, 2.45) is 0 Å². The summed E-state index contributed by atoms with van der Waals surface area (Å²) in [6, 6.07) is 14.3. The van der Waals surface area contributed by atoms with Crippen LogP contribution in [0.15, 0.2) is 42.5 Å². The fraction of sp³-hybridized carbons (Fsp3) is 0. The van der Waals surface area contributed by atoms with Crippen LogP contribution >= 0.6 is 22.6 Å². The van der Waals surface area contributed by atoms with E-state index in [1.54, 1.807) is 42.5 Å². The molecule has 0 radical (unpaired) electrons. The van der Waals surface area contributed by atoms with E-state index in [-0.39, 0.29) is 5.82 Å². The lowest BCUT2D eigenvalue weighted by atomic mass is 10.0. The van der Waals surface area contributed by atoms with Crippen LogP contribution in [0, 0.1) is 20.7 Å². The minimum atomic E-state index is -0.272. The quantitative estimate of drug-likeness (QED) is 0.729. The Bertz CT molecular complexity index is 572. The van der Waals surface area contributed by atoms with Crippen molar-refractivity contribution in [3.8, 4) is 17.2 Å². The molecule has 0 atom stereocenters. The molecular weight excluding hydrogens is 316 g/mol. The molecule has 3 heteroatoms. The lowest BCUT2D eigenvalue weighted by Crippen LogP contribution is -1.90. The van der Waals surface area contributed by atoms with Gasteiger partial charge in [0.2, 0.25) is 0 Å². The van der Waals surface area contributed by atoms with Crippen LogP contribution in [0.5, 0.6) is 0 Å². The molecular formula is C13H7FIN. The molecule has 2 aromatic carbocycles. The smallest absolute Gasteiger partial charge is 0.144 e. The van der Waals surface area contributed by atoms with Crippen LogP contribution in [0.3, 0.4) is 0 Å². The predicted octanol–water partition coefficient (Wildman–Crippen LogP) is 3.97. The van der Waals surface area contributed by atoms with E-state index in [4.69, 9.17) is 5.26 Å². The van der Waals surface area contributed by atoms with Gasteiger partial charge in [0.15, 0.2) is 0 Å². The van der Waals surface area contributed by atoms with Crippen molar-refractivity contribution in [2.45, 2.75) is 0 Å². The Morgan fingerprint density at radius 1 is 1.00 bits per heavy atom. The van der Waals surface area contributed by atoms with Gasteiger partial charge in [0, 0.05) is 14.7 Å². The third kappa shape index (κ3) is 1.93. The van der Waals surface area contributed by atoms with Crippen molar-refractivity contribution in [2.75, 3.05) is 0 Å². The van der Waals surface area contributed by atoms with E-state index in [9.17, 15) is 4.39 Å². The zero-order valence-electron chi connectivity index (χ0n) is 8.24. The van der Waals surface area contributed by atoms with E-state index in [1.165, 1.54) is 0 Å². The van der Waals surface area contributed by atoms with Crippen molar-refractivity contribution >= 4 is 22.6 Å². The molecule has 0 bridgehead atoms. The number of nitriles is 1. The number of rotatable bonds is 1. The topological polar surface area (TPSA) is 23.8 Å². The van der Waals surface area contributed by atoms with Gasteiger partial charge in [0.1, 0.15) is 5.82 Å². The first kappa shape index (κ1) is 11.1. The number of hydrogen-bond donors (Lipinski definition) is 0. The Morgan fingerprint density at radius 3 is 2.44 bits per heavy atom. The Kier molecular flexibility index (Phi) is 3.20. The van der Waals surface area contributed by atoms with Gasteiger partial charge in [-0.05, 0) is 34.7 Å². The van der Waals surface area contributed by atoms with Crippen LogP contribution in [0.2, 0.25) is 0 Å². The molecule has 0 fully saturated rings. The van der Waals surface area contributed by atoms with Crippen molar-refractivity contribution < 1.29 is 4.39 Å². The molecule has 0 aliphatic rings. The summed E-state index contributed by atoms with van der Waals surface area (Å²) in [6.45, 7) is 0. The Labute approximate surface area is 107 Å². The first-order valence-electron chi connectivity index (χ1n) is 4.67. The molecule has 16 heavy (non-hydrogen) atoms. The second kappa shape index (κ2) is 4.62. The van der Waals surface area contributed by atoms with Crippen LogP contribution in [0.1, 0.15) is 5.56 Å². The largest absolute Gasteiger partial charge is 0.205 e. The zero-order valence-corrected chi connectivity index (χ0v) is 10.4. The number of benzene rings is 2. The van der Waals surface area contributed by atoms with E-state index in [2.05, 4.69) is 6.07 Å². The minimum absolute atomic E-state index is 0.272. The third-order valence-electron chi connectivity index (χ3n) is 2.29. The third-order valence-corrected chi connectivity index (χ3v) is 3.12. The maximum absolute atomic E-state index is 13.9. The summed E-state index contributed by atoms with van der Waals surface area (Å²) in [5.41, 5.74) is 1.61. The first-order valence-corrected chi connectivity index (χ1v) is 5.75. The highest BCUT2D eigenvalue weighted by molar-refractivity contribution is 14.1. The molecule has 78 valence electrons. The van der Waals surface area contributed by atoms with Crippen molar-refractivity contribution in [3.05, 3.63) is 57.4 Å². The van der Waals surface area contributed by atoms with Crippen LogP contribution in [-0.2, 0) is 0 Å². The van der Waals surface area contributed by atoms with E-state index in [1.807, 2.05) is 22.6 Å². The zero-order chi connectivity index (χ0) is 11.5. The number of nitrogens with zero attached hydrogens (tertiary/aromatic N) is 1. The van der Waals surface area contributed by atoms with E-state index in [0.717, 1.165) is 0 Å². The summed E-state index contributed by atoms with van der Waals surface area (Å²) in [5, 5.41) is 8.97. The standard InChI is InChI=1S/C13H7FIN/c14-13-11(6-3-7-12(13)15)10-5-2-1-4-9(10)8-16/h1-7H. The predicted molar refractivity (Wildman–Crippen MR) is 69.3 cm³/mol. The van der Waals surface area contributed by atoms with Crippen LogP contribution < -0.4 is 0 Å². The molecule has 0 saturated heterocycles. The Hall–Kier alpha value is -1.41. The maximum atomic E-state index is 13.9. The van der Waals surface area contributed by atoms with Crippen molar-refractivity contribution in [1.29, 1.82) is 5.26 Å². The molecule has 0 saturated carbocycles. The molecule has 0 N–H and O–H groups in total. The van der Waals surface area contributed by atoms with Gasteiger partial charge in [-0.25, -0.2) is 4.39 Å². The second-order valence-electron chi connectivity index (χ2n) is 3.26. The van der Waals surface area contributed by atoms with Gasteiger partial charge in [-0.2, -0.15) is 5.26 Å². The summed E-state index contributed by atoms with van der Waals surface area (Å²) >= 11 is 1.94. The average molecular weight is 323 g/mol. The Morgan fingerprint density at radius 2 is 1.69 bits per heavy atom. The average Bonchev–Trinajstić information content (AvgIpc) is 2.33. The molecule has 0 aromatic heterocycles.